The fraction of sp³-hybridized carbons (Fsp3) is 0.176. The Kier molecular flexibility index (Phi) is 5.41. The van der Waals surface area contributed by atoms with E-state index in [0.717, 1.165) is 11.1 Å². The molecule has 0 atom stereocenters. The second-order valence-electron chi connectivity index (χ2n) is 5.00. The molecule has 2 rings (SSSR count). The third-order valence-corrected chi connectivity index (χ3v) is 3.27. The maximum Gasteiger partial charge on any atom is 0.115 e. The van der Waals surface area contributed by atoms with Gasteiger partial charge in [0.1, 0.15) is 5.75 Å². The molecule has 0 heterocycles. The van der Waals surface area contributed by atoms with Crippen LogP contribution >= 0.6 is 0 Å². The molecule has 5 nitrogen and oxygen atoms in total. The van der Waals surface area contributed by atoms with Gasteiger partial charge in [0.2, 0.25) is 0 Å². The van der Waals surface area contributed by atoms with Crippen LogP contribution in [0.4, 0.5) is 0 Å². The highest BCUT2D eigenvalue weighted by atomic mass is 16.5. The molecule has 2 aromatic rings. The number of likely N-dealkylation sites (N-methyl/N-ethyl adjacent to an activating group) is 1. The normalized spacial score (nSPS) is 11.9. The van der Waals surface area contributed by atoms with Crippen molar-refractivity contribution in [1.29, 1.82) is 0 Å². The first-order valence-electron chi connectivity index (χ1n) is 6.96. The molecule has 0 unspecified atom stereocenters. The first kappa shape index (κ1) is 15.9. The van der Waals surface area contributed by atoms with Crippen LogP contribution in [0.25, 0.3) is 5.70 Å². The molecule has 0 saturated carbocycles. The molecule has 0 aliphatic rings. The van der Waals surface area contributed by atoms with E-state index in [4.69, 9.17) is 16.3 Å². The van der Waals surface area contributed by atoms with Gasteiger partial charge in [-0.25, -0.2) is 5.84 Å². The van der Waals surface area contributed by atoms with Crippen LogP contribution in [0.5, 0.6) is 5.75 Å². The molecule has 116 valence electrons. The van der Waals surface area contributed by atoms with Gasteiger partial charge in [-0.1, -0.05) is 30.3 Å². The molecule has 0 amide bonds. The van der Waals surface area contributed by atoms with E-state index in [9.17, 15) is 5.11 Å². The minimum Gasteiger partial charge on any atom is -0.508 e. The molecule has 0 saturated heterocycles. The molecule has 0 aromatic heterocycles. The Morgan fingerprint density at radius 3 is 2.32 bits per heavy atom. The molecule has 0 fully saturated rings. The van der Waals surface area contributed by atoms with Crippen molar-refractivity contribution in [3.8, 4) is 5.75 Å². The number of hydrazine groups is 1. The van der Waals surface area contributed by atoms with Crippen LogP contribution in [0, 0.1) is 0 Å². The van der Waals surface area contributed by atoms with Crippen molar-refractivity contribution in [1.82, 2.24) is 5.01 Å². The number of benzene rings is 2. The second kappa shape index (κ2) is 7.49. The van der Waals surface area contributed by atoms with Crippen molar-refractivity contribution in [2.24, 2.45) is 11.6 Å². The molecule has 5 heteroatoms. The van der Waals surface area contributed by atoms with Crippen molar-refractivity contribution in [2.45, 2.75) is 6.61 Å². The first-order chi connectivity index (χ1) is 10.6. The average molecular weight is 299 g/mol. The minimum absolute atomic E-state index is 0.194. The fourth-order valence-electron chi connectivity index (χ4n) is 2.02. The SMILES string of the molecule is CN(N)/C(COCc1ccccc1)=C(\N)c1ccc(O)cc1. The van der Waals surface area contributed by atoms with Crippen LogP contribution in [0.1, 0.15) is 11.1 Å². The third-order valence-electron chi connectivity index (χ3n) is 3.27. The molecular weight excluding hydrogens is 278 g/mol. The lowest BCUT2D eigenvalue weighted by molar-refractivity contribution is 0.126. The largest absolute Gasteiger partial charge is 0.508 e. The van der Waals surface area contributed by atoms with E-state index in [1.165, 1.54) is 5.01 Å². The maximum absolute atomic E-state index is 9.34. The van der Waals surface area contributed by atoms with Gasteiger partial charge in [0.05, 0.1) is 24.6 Å². The Balaban J connectivity index is 2.08. The number of phenolic OH excluding ortho intramolecular Hbond substituents is 1. The van der Waals surface area contributed by atoms with Gasteiger partial charge >= 0.3 is 0 Å². The van der Waals surface area contributed by atoms with E-state index < -0.39 is 0 Å². The summed E-state index contributed by atoms with van der Waals surface area (Å²) in [6.45, 7) is 0.787. The van der Waals surface area contributed by atoms with Gasteiger partial charge in [-0.05, 0) is 35.4 Å². The van der Waals surface area contributed by atoms with Gasteiger partial charge in [0.15, 0.2) is 0 Å². The Morgan fingerprint density at radius 2 is 1.73 bits per heavy atom. The lowest BCUT2D eigenvalue weighted by Crippen LogP contribution is -2.30. The van der Waals surface area contributed by atoms with E-state index in [0.29, 0.717) is 24.6 Å². The summed E-state index contributed by atoms with van der Waals surface area (Å²) in [5.41, 5.74) is 9.25. The Morgan fingerprint density at radius 1 is 1.09 bits per heavy atom. The number of nitrogens with zero attached hydrogens (tertiary/aromatic N) is 1. The quantitative estimate of drug-likeness (QED) is 0.561. The summed E-state index contributed by atoms with van der Waals surface area (Å²) < 4.78 is 5.70. The van der Waals surface area contributed by atoms with E-state index in [2.05, 4.69) is 0 Å². The van der Waals surface area contributed by atoms with Crippen LogP contribution in [-0.2, 0) is 11.3 Å². The third kappa shape index (κ3) is 4.25. The van der Waals surface area contributed by atoms with Crippen LogP contribution < -0.4 is 11.6 Å². The topological polar surface area (TPSA) is 84.7 Å². The van der Waals surface area contributed by atoms with Gasteiger partial charge in [-0.2, -0.15) is 0 Å². The summed E-state index contributed by atoms with van der Waals surface area (Å²) in [6, 6.07) is 16.5. The maximum atomic E-state index is 9.34. The summed E-state index contributed by atoms with van der Waals surface area (Å²) >= 11 is 0. The second-order valence-corrected chi connectivity index (χ2v) is 5.00. The molecule has 5 N–H and O–H groups in total. The zero-order chi connectivity index (χ0) is 15.9. The number of aromatic hydroxyl groups is 1. The average Bonchev–Trinajstić information content (AvgIpc) is 2.52. The highest BCUT2D eigenvalue weighted by Gasteiger charge is 2.09. The first-order valence-corrected chi connectivity index (χ1v) is 6.96. The smallest absolute Gasteiger partial charge is 0.115 e. The Bertz CT molecular complexity index is 622. The van der Waals surface area contributed by atoms with E-state index >= 15 is 0 Å². The van der Waals surface area contributed by atoms with E-state index in [1.54, 1.807) is 31.3 Å². The standard InChI is InChI=1S/C17H21N3O2/c1-20(19)16(12-22-11-13-5-3-2-4-6-13)17(18)14-7-9-15(21)10-8-14/h2-10,21H,11-12,18-19H2,1H3/b17-16-. The van der Waals surface area contributed by atoms with Crippen LogP contribution in [0.15, 0.2) is 60.3 Å². The van der Waals surface area contributed by atoms with Crippen molar-refractivity contribution < 1.29 is 9.84 Å². The lowest BCUT2D eigenvalue weighted by atomic mass is 10.1. The van der Waals surface area contributed by atoms with Gasteiger partial charge < -0.3 is 20.6 Å². The van der Waals surface area contributed by atoms with E-state index in [1.807, 2.05) is 30.3 Å². The summed E-state index contributed by atoms with van der Waals surface area (Å²) in [7, 11) is 1.72. The van der Waals surface area contributed by atoms with Crippen molar-refractivity contribution in [3.63, 3.8) is 0 Å². The molecule has 2 aromatic carbocycles. The summed E-state index contributed by atoms with van der Waals surface area (Å²) in [4.78, 5) is 0. The Labute approximate surface area is 130 Å². The molecule has 0 aliphatic carbocycles. The van der Waals surface area contributed by atoms with Gasteiger partial charge in [-0.3, -0.25) is 0 Å². The number of ether oxygens (including phenoxy) is 1. The summed E-state index contributed by atoms with van der Waals surface area (Å²) in [5, 5.41) is 10.8. The molecule has 0 bridgehead atoms. The Hall–Kier alpha value is -2.50. The summed E-state index contributed by atoms with van der Waals surface area (Å²) in [6.07, 6.45) is 0. The lowest BCUT2D eigenvalue weighted by Gasteiger charge is -2.20. The van der Waals surface area contributed by atoms with Crippen LogP contribution in [-0.4, -0.2) is 23.8 Å². The molecule has 0 aliphatic heterocycles. The molecular formula is C17H21N3O2. The van der Waals surface area contributed by atoms with Gasteiger partial charge in [-0.15, -0.1) is 0 Å². The van der Waals surface area contributed by atoms with Gasteiger partial charge in [0.25, 0.3) is 0 Å². The fourth-order valence-corrected chi connectivity index (χ4v) is 2.02. The van der Waals surface area contributed by atoms with Gasteiger partial charge in [0, 0.05) is 7.05 Å². The van der Waals surface area contributed by atoms with Crippen molar-refractivity contribution in [2.75, 3.05) is 13.7 Å². The molecule has 22 heavy (non-hydrogen) atoms. The molecule has 0 radical (unpaired) electrons. The monoisotopic (exact) mass is 299 g/mol. The minimum atomic E-state index is 0.194. The zero-order valence-electron chi connectivity index (χ0n) is 12.6. The zero-order valence-corrected chi connectivity index (χ0v) is 12.6. The predicted octanol–water partition coefficient (Wildman–Crippen LogP) is 2.04. The summed E-state index contributed by atoms with van der Waals surface area (Å²) in [5.74, 6) is 6.04. The highest BCUT2D eigenvalue weighted by Crippen LogP contribution is 2.18. The number of hydrogen-bond acceptors (Lipinski definition) is 5. The number of phenols is 1. The number of rotatable bonds is 6. The predicted molar refractivity (Wildman–Crippen MR) is 87.3 cm³/mol. The van der Waals surface area contributed by atoms with Crippen molar-refractivity contribution in [3.05, 3.63) is 71.4 Å². The number of nitrogens with two attached hydrogens (primary N) is 2. The van der Waals surface area contributed by atoms with E-state index in [-0.39, 0.29) is 5.75 Å². The van der Waals surface area contributed by atoms with Crippen LogP contribution in [0.3, 0.4) is 0 Å². The van der Waals surface area contributed by atoms with Crippen LogP contribution in [0.2, 0.25) is 0 Å². The number of hydrogen-bond donors (Lipinski definition) is 3. The highest BCUT2D eigenvalue weighted by molar-refractivity contribution is 5.66. The van der Waals surface area contributed by atoms with Crippen molar-refractivity contribution >= 4 is 5.70 Å². The molecule has 0 spiro atoms.